The number of rotatable bonds is 5. The summed E-state index contributed by atoms with van der Waals surface area (Å²) in [5.74, 6) is 2.18. The van der Waals surface area contributed by atoms with E-state index in [1.54, 1.807) is 0 Å². The first-order valence-corrected chi connectivity index (χ1v) is 10.4. The highest BCUT2D eigenvalue weighted by molar-refractivity contribution is 5.90. The van der Waals surface area contributed by atoms with Gasteiger partial charge in [-0.15, -0.1) is 0 Å². The number of hydrogen-bond donors (Lipinski definition) is 0. The van der Waals surface area contributed by atoms with Crippen LogP contribution in [0.25, 0.3) is 17.2 Å². The van der Waals surface area contributed by atoms with Crippen molar-refractivity contribution in [3.05, 3.63) is 82.4 Å². The van der Waals surface area contributed by atoms with Gasteiger partial charge >= 0.3 is 0 Å². The van der Waals surface area contributed by atoms with Gasteiger partial charge in [0.25, 0.3) is 0 Å². The first kappa shape index (κ1) is 18.8. The van der Waals surface area contributed by atoms with Gasteiger partial charge in [0, 0.05) is 5.92 Å². The van der Waals surface area contributed by atoms with Crippen molar-refractivity contribution in [3.8, 4) is 5.75 Å². The van der Waals surface area contributed by atoms with Gasteiger partial charge in [-0.2, -0.15) is 0 Å². The first-order valence-electron chi connectivity index (χ1n) is 10.4. The van der Waals surface area contributed by atoms with Crippen molar-refractivity contribution in [2.75, 3.05) is 0 Å². The van der Waals surface area contributed by atoms with Crippen LogP contribution < -0.4 is 4.74 Å². The molecule has 0 saturated carbocycles. The molecule has 2 aliphatic carbocycles. The number of hydrogen-bond acceptors (Lipinski definition) is 1. The Morgan fingerprint density at radius 1 is 0.964 bits per heavy atom. The highest BCUT2D eigenvalue weighted by Gasteiger charge is 2.21. The van der Waals surface area contributed by atoms with Crippen LogP contribution in [-0.4, -0.2) is 6.10 Å². The summed E-state index contributed by atoms with van der Waals surface area (Å²) in [4.78, 5) is 0. The third kappa shape index (κ3) is 3.58. The smallest absolute Gasteiger partial charge is 0.122 e. The monoisotopic (exact) mass is 370 g/mol. The molecule has 0 fully saturated rings. The summed E-state index contributed by atoms with van der Waals surface area (Å²) >= 11 is 0. The van der Waals surface area contributed by atoms with Crippen LogP contribution in [0.15, 0.2) is 54.6 Å². The Morgan fingerprint density at radius 3 is 2.46 bits per heavy atom. The Hall–Kier alpha value is -2.54. The predicted molar refractivity (Wildman–Crippen MR) is 121 cm³/mol. The molecule has 0 amide bonds. The Bertz CT molecular complexity index is 985. The van der Waals surface area contributed by atoms with E-state index in [9.17, 15) is 0 Å². The number of allylic oxidation sites excluding steroid dienone is 5. The molecule has 0 spiro atoms. The quantitative estimate of drug-likeness (QED) is 0.532. The zero-order valence-electron chi connectivity index (χ0n) is 17.6. The second-order valence-electron chi connectivity index (χ2n) is 8.65. The van der Waals surface area contributed by atoms with Gasteiger partial charge in [0.15, 0.2) is 0 Å². The summed E-state index contributed by atoms with van der Waals surface area (Å²) in [6.07, 6.45) is 10.5. The van der Waals surface area contributed by atoms with E-state index >= 15 is 0 Å². The van der Waals surface area contributed by atoms with Gasteiger partial charge < -0.3 is 4.74 Å². The van der Waals surface area contributed by atoms with Gasteiger partial charge in [0.05, 0.1) is 6.10 Å². The van der Waals surface area contributed by atoms with Gasteiger partial charge in [0.2, 0.25) is 0 Å². The molecular weight excluding hydrogens is 340 g/mol. The molecule has 1 nitrogen and oxygen atoms in total. The third-order valence-electron chi connectivity index (χ3n) is 5.76. The molecular formula is C27H30O. The molecule has 1 atom stereocenters. The van der Waals surface area contributed by atoms with Crippen LogP contribution >= 0.6 is 0 Å². The minimum absolute atomic E-state index is 0.200. The SMILES string of the molecule is Cc1cc(C2=CCC(c3ccc4c(c3)C=CC4C(C)C)=C2)ccc1OC(C)C. The van der Waals surface area contributed by atoms with Crippen LogP contribution in [0.2, 0.25) is 0 Å². The van der Waals surface area contributed by atoms with Gasteiger partial charge in [-0.1, -0.05) is 56.4 Å². The Balaban J connectivity index is 1.56. The molecule has 28 heavy (non-hydrogen) atoms. The lowest BCUT2D eigenvalue weighted by atomic mass is 9.89. The molecule has 1 heteroatoms. The Kier molecular flexibility index (Phi) is 5.02. The molecule has 0 N–H and O–H groups in total. The summed E-state index contributed by atoms with van der Waals surface area (Å²) in [7, 11) is 0. The Labute approximate surface area is 169 Å². The number of benzene rings is 2. The zero-order valence-corrected chi connectivity index (χ0v) is 17.6. The molecule has 2 aromatic rings. The number of ether oxygens (including phenoxy) is 1. The third-order valence-corrected chi connectivity index (χ3v) is 5.76. The molecule has 0 saturated heterocycles. The van der Waals surface area contributed by atoms with E-state index in [0.29, 0.717) is 11.8 Å². The van der Waals surface area contributed by atoms with Crippen molar-refractivity contribution in [3.63, 3.8) is 0 Å². The summed E-state index contributed by atoms with van der Waals surface area (Å²) in [6, 6.07) is 13.5. The van der Waals surface area contributed by atoms with Gasteiger partial charge in [-0.3, -0.25) is 0 Å². The molecule has 2 aromatic carbocycles. The van der Waals surface area contributed by atoms with E-state index in [2.05, 4.69) is 95.3 Å². The Morgan fingerprint density at radius 2 is 1.75 bits per heavy atom. The molecule has 144 valence electrons. The molecule has 4 rings (SSSR count). The average Bonchev–Trinajstić information content (AvgIpc) is 3.29. The fourth-order valence-electron chi connectivity index (χ4n) is 4.26. The van der Waals surface area contributed by atoms with Crippen molar-refractivity contribution in [1.29, 1.82) is 0 Å². The normalized spacial score (nSPS) is 17.9. The standard InChI is InChI=1S/C27H30O/c1-17(2)25-11-9-24-16-23(8-12-26(24)25)22-7-6-21(15-22)20-10-13-27(19(5)14-20)28-18(3)4/h6,8-18,25H,7H2,1-5H3. The van der Waals surface area contributed by atoms with Crippen LogP contribution in [0, 0.1) is 12.8 Å². The minimum atomic E-state index is 0.200. The highest BCUT2D eigenvalue weighted by Crippen LogP contribution is 2.39. The fraction of sp³-hybridized carbons (Fsp3) is 0.333. The summed E-state index contributed by atoms with van der Waals surface area (Å²) in [5, 5.41) is 0. The van der Waals surface area contributed by atoms with Crippen LogP contribution in [0.5, 0.6) is 5.75 Å². The van der Waals surface area contributed by atoms with Crippen molar-refractivity contribution in [2.24, 2.45) is 5.92 Å². The fourth-order valence-corrected chi connectivity index (χ4v) is 4.26. The summed E-state index contributed by atoms with van der Waals surface area (Å²) < 4.78 is 5.88. The predicted octanol–water partition coefficient (Wildman–Crippen LogP) is 7.42. The van der Waals surface area contributed by atoms with Crippen molar-refractivity contribution >= 4 is 17.2 Å². The molecule has 2 aliphatic rings. The van der Waals surface area contributed by atoms with Crippen molar-refractivity contribution < 1.29 is 4.74 Å². The minimum Gasteiger partial charge on any atom is -0.491 e. The maximum Gasteiger partial charge on any atom is 0.122 e. The van der Waals surface area contributed by atoms with Gasteiger partial charge in [-0.25, -0.2) is 0 Å². The maximum absolute atomic E-state index is 5.88. The van der Waals surface area contributed by atoms with Gasteiger partial charge in [-0.05, 0) is 90.3 Å². The lowest BCUT2D eigenvalue weighted by molar-refractivity contribution is 0.241. The van der Waals surface area contributed by atoms with Crippen LogP contribution in [0.3, 0.4) is 0 Å². The zero-order chi connectivity index (χ0) is 19.8. The number of aryl methyl sites for hydroxylation is 1. The largest absolute Gasteiger partial charge is 0.491 e. The van der Waals surface area contributed by atoms with E-state index in [1.807, 2.05) is 0 Å². The second kappa shape index (κ2) is 7.47. The first-order chi connectivity index (χ1) is 13.4. The summed E-state index contributed by atoms with van der Waals surface area (Å²) in [5.41, 5.74) is 9.37. The molecule has 0 heterocycles. The average molecular weight is 371 g/mol. The van der Waals surface area contributed by atoms with E-state index in [4.69, 9.17) is 4.74 Å². The maximum atomic E-state index is 5.88. The summed E-state index contributed by atoms with van der Waals surface area (Å²) in [6.45, 7) is 10.9. The molecule has 0 aliphatic heterocycles. The van der Waals surface area contributed by atoms with E-state index in [1.165, 1.54) is 39.0 Å². The molecule has 0 radical (unpaired) electrons. The molecule has 1 unspecified atom stereocenters. The lowest BCUT2D eigenvalue weighted by Gasteiger charge is -2.15. The highest BCUT2D eigenvalue weighted by atomic mass is 16.5. The topological polar surface area (TPSA) is 9.23 Å². The van der Waals surface area contributed by atoms with E-state index < -0.39 is 0 Å². The van der Waals surface area contributed by atoms with Crippen molar-refractivity contribution in [2.45, 2.75) is 53.1 Å². The van der Waals surface area contributed by atoms with Crippen LogP contribution in [0.1, 0.15) is 67.9 Å². The molecule has 0 aromatic heterocycles. The number of fused-ring (bicyclic) bond motifs is 1. The lowest BCUT2D eigenvalue weighted by Crippen LogP contribution is -2.06. The van der Waals surface area contributed by atoms with Gasteiger partial charge in [0.1, 0.15) is 5.75 Å². The van der Waals surface area contributed by atoms with Crippen LogP contribution in [-0.2, 0) is 0 Å². The van der Waals surface area contributed by atoms with E-state index in [0.717, 1.165) is 12.2 Å². The van der Waals surface area contributed by atoms with E-state index in [-0.39, 0.29) is 6.10 Å². The second-order valence-corrected chi connectivity index (χ2v) is 8.65. The van der Waals surface area contributed by atoms with Crippen LogP contribution in [0.4, 0.5) is 0 Å². The molecule has 0 bridgehead atoms. The van der Waals surface area contributed by atoms with Crippen molar-refractivity contribution in [1.82, 2.24) is 0 Å².